The summed E-state index contributed by atoms with van der Waals surface area (Å²) in [7, 11) is 0. The third-order valence-electron chi connectivity index (χ3n) is 4.34. The second-order valence-corrected chi connectivity index (χ2v) is 6.52. The lowest BCUT2D eigenvalue weighted by Crippen LogP contribution is -2.36. The second-order valence-electron chi connectivity index (χ2n) is 6.52. The summed E-state index contributed by atoms with van der Waals surface area (Å²) < 4.78 is 10.5. The van der Waals surface area contributed by atoms with Crippen molar-refractivity contribution in [1.29, 1.82) is 0 Å². The van der Waals surface area contributed by atoms with Crippen LogP contribution >= 0.6 is 0 Å². The lowest BCUT2D eigenvalue weighted by Gasteiger charge is -2.36. The normalized spacial score (nSPS) is 24.3. The lowest BCUT2D eigenvalue weighted by molar-refractivity contribution is -0.159. The van der Waals surface area contributed by atoms with Gasteiger partial charge in [0.05, 0.1) is 6.20 Å². The van der Waals surface area contributed by atoms with Crippen LogP contribution in [0, 0.1) is 17.8 Å². The first-order valence-electron chi connectivity index (χ1n) is 8.10. The van der Waals surface area contributed by atoms with Crippen LogP contribution in [0.4, 0.5) is 0 Å². The van der Waals surface area contributed by atoms with E-state index in [0.717, 1.165) is 12.8 Å². The molecule has 0 spiro atoms. The van der Waals surface area contributed by atoms with E-state index >= 15 is 0 Å². The molecule has 3 atom stereocenters. The van der Waals surface area contributed by atoms with Crippen LogP contribution in [-0.2, 0) is 14.3 Å². The molecule has 0 N–H and O–H groups in total. The lowest BCUT2D eigenvalue weighted by atomic mass is 9.75. The van der Waals surface area contributed by atoms with Crippen molar-refractivity contribution in [3.63, 3.8) is 0 Å². The standard InChI is InChI=1S/C17H24N2O4/c1-11(2)13-5-4-12(3)8-15(13)23-16(20)10-22-17(21)14-9-18-6-7-19-14/h6-7,9,11-13,15H,4-5,8,10H2,1-3H3/t12-,13+,15+/m0/s1. The van der Waals surface area contributed by atoms with Crippen LogP contribution in [0.1, 0.15) is 50.5 Å². The fourth-order valence-electron chi connectivity index (χ4n) is 3.06. The van der Waals surface area contributed by atoms with Crippen molar-refractivity contribution in [2.75, 3.05) is 6.61 Å². The molecule has 1 aromatic heterocycles. The number of hydrogen-bond donors (Lipinski definition) is 0. The Labute approximate surface area is 136 Å². The SMILES string of the molecule is CC(C)[C@H]1CC[C@H](C)C[C@H]1OC(=O)COC(=O)c1cnccn1. The van der Waals surface area contributed by atoms with E-state index in [1.54, 1.807) is 0 Å². The smallest absolute Gasteiger partial charge is 0.359 e. The Hall–Kier alpha value is -1.98. The van der Waals surface area contributed by atoms with Crippen molar-refractivity contribution in [3.05, 3.63) is 24.3 Å². The maximum atomic E-state index is 12.0. The highest BCUT2D eigenvalue weighted by Crippen LogP contribution is 2.35. The molecule has 23 heavy (non-hydrogen) atoms. The molecule has 1 saturated carbocycles. The number of aromatic nitrogens is 2. The summed E-state index contributed by atoms with van der Waals surface area (Å²) in [5.74, 6) is 0.192. The maximum absolute atomic E-state index is 12.0. The fourth-order valence-corrected chi connectivity index (χ4v) is 3.06. The number of rotatable bonds is 5. The Morgan fingerprint density at radius 2 is 2.09 bits per heavy atom. The quantitative estimate of drug-likeness (QED) is 0.776. The van der Waals surface area contributed by atoms with Crippen molar-refractivity contribution in [1.82, 2.24) is 9.97 Å². The molecular weight excluding hydrogens is 296 g/mol. The Bertz CT molecular complexity index is 533. The van der Waals surface area contributed by atoms with Gasteiger partial charge in [0.1, 0.15) is 6.10 Å². The number of carbonyl (C=O) groups excluding carboxylic acids is 2. The van der Waals surface area contributed by atoms with Crippen LogP contribution in [-0.4, -0.2) is 34.6 Å². The number of hydrogen-bond acceptors (Lipinski definition) is 6. The average Bonchev–Trinajstić information content (AvgIpc) is 2.53. The van der Waals surface area contributed by atoms with Gasteiger partial charge in [-0.25, -0.2) is 14.6 Å². The van der Waals surface area contributed by atoms with E-state index in [-0.39, 0.29) is 11.8 Å². The van der Waals surface area contributed by atoms with Gasteiger partial charge >= 0.3 is 11.9 Å². The Balaban J connectivity index is 1.84. The van der Waals surface area contributed by atoms with Gasteiger partial charge in [-0.05, 0) is 30.6 Å². The van der Waals surface area contributed by atoms with Gasteiger partial charge in [0.25, 0.3) is 0 Å². The monoisotopic (exact) mass is 320 g/mol. The van der Waals surface area contributed by atoms with Gasteiger partial charge in [0.15, 0.2) is 12.3 Å². The zero-order chi connectivity index (χ0) is 16.8. The van der Waals surface area contributed by atoms with E-state index in [1.165, 1.54) is 25.0 Å². The molecule has 0 unspecified atom stereocenters. The Morgan fingerprint density at radius 3 is 2.74 bits per heavy atom. The van der Waals surface area contributed by atoms with E-state index in [2.05, 4.69) is 30.7 Å². The molecule has 1 aromatic rings. The van der Waals surface area contributed by atoms with E-state index in [0.29, 0.717) is 17.8 Å². The average molecular weight is 320 g/mol. The predicted octanol–water partition coefficient (Wildman–Crippen LogP) is 2.64. The van der Waals surface area contributed by atoms with Crippen LogP contribution in [0.25, 0.3) is 0 Å². The molecule has 0 bridgehead atoms. The van der Waals surface area contributed by atoms with Gasteiger partial charge < -0.3 is 9.47 Å². The van der Waals surface area contributed by atoms with Crippen LogP contribution in [0.3, 0.4) is 0 Å². The summed E-state index contributed by atoms with van der Waals surface area (Å²) in [5, 5.41) is 0. The van der Waals surface area contributed by atoms with Crippen LogP contribution in [0.15, 0.2) is 18.6 Å². The molecule has 0 amide bonds. The first-order valence-corrected chi connectivity index (χ1v) is 8.10. The molecule has 6 nitrogen and oxygen atoms in total. The number of nitrogens with zero attached hydrogens (tertiary/aromatic N) is 2. The van der Waals surface area contributed by atoms with E-state index in [1.807, 2.05) is 0 Å². The predicted molar refractivity (Wildman–Crippen MR) is 83.5 cm³/mol. The molecule has 1 fully saturated rings. The first kappa shape index (κ1) is 17.4. The largest absolute Gasteiger partial charge is 0.460 e. The number of esters is 2. The maximum Gasteiger partial charge on any atom is 0.359 e. The minimum Gasteiger partial charge on any atom is -0.460 e. The number of carbonyl (C=O) groups is 2. The summed E-state index contributed by atoms with van der Waals surface area (Å²) in [4.78, 5) is 31.3. The summed E-state index contributed by atoms with van der Waals surface area (Å²) in [6, 6.07) is 0. The van der Waals surface area contributed by atoms with Gasteiger partial charge in [-0.15, -0.1) is 0 Å². The van der Waals surface area contributed by atoms with Crippen molar-refractivity contribution in [3.8, 4) is 0 Å². The molecule has 1 aliphatic carbocycles. The molecule has 1 aliphatic rings. The molecular formula is C17H24N2O4. The highest BCUT2D eigenvalue weighted by molar-refractivity contribution is 5.88. The summed E-state index contributed by atoms with van der Waals surface area (Å²) in [6.45, 7) is 6.07. The van der Waals surface area contributed by atoms with Crippen LogP contribution < -0.4 is 0 Å². The zero-order valence-electron chi connectivity index (χ0n) is 13.9. The summed E-state index contributed by atoms with van der Waals surface area (Å²) in [6.07, 6.45) is 7.15. The van der Waals surface area contributed by atoms with E-state index in [9.17, 15) is 9.59 Å². The second kappa shape index (κ2) is 8.04. The van der Waals surface area contributed by atoms with Gasteiger partial charge in [-0.2, -0.15) is 0 Å². The van der Waals surface area contributed by atoms with Crippen molar-refractivity contribution >= 4 is 11.9 Å². The van der Waals surface area contributed by atoms with E-state index in [4.69, 9.17) is 9.47 Å². The fraction of sp³-hybridized carbons (Fsp3) is 0.647. The Kier molecular flexibility index (Phi) is 6.07. The van der Waals surface area contributed by atoms with E-state index < -0.39 is 18.5 Å². The van der Waals surface area contributed by atoms with Gasteiger partial charge in [0, 0.05) is 12.4 Å². The van der Waals surface area contributed by atoms with Crippen LogP contribution in [0.5, 0.6) is 0 Å². The minimum atomic E-state index is -0.674. The zero-order valence-corrected chi connectivity index (χ0v) is 13.9. The van der Waals surface area contributed by atoms with Crippen molar-refractivity contribution in [2.24, 2.45) is 17.8 Å². The number of ether oxygens (including phenoxy) is 2. The molecule has 126 valence electrons. The first-order chi connectivity index (χ1) is 11.0. The minimum absolute atomic E-state index is 0.0756. The van der Waals surface area contributed by atoms with Crippen molar-refractivity contribution < 1.29 is 19.1 Å². The molecule has 2 rings (SSSR count). The topological polar surface area (TPSA) is 78.4 Å². The molecule has 0 aliphatic heterocycles. The highest BCUT2D eigenvalue weighted by Gasteiger charge is 2.33. The summed E-state index contributed by atoms with van der Waals surface area (Å²) in [5.41, 5.74) is 0.0756. The van der Waals surface area contributed by atoms with Crippen molar-refractivity contribution in [2.45, 2.75) is 46.1 Å². The summed E-state index contributed by atoms with van der Waals surface area (Å²) >= 11 is 0. The van der Waals surface area contributed by atoms with Crippen LogP contribution in [0.2, 0.25) is 0 Å². The molecule has 0 radical (unpaired) electrons. The molecule has 0 saturated heterocycles. The molecule has 1 heterocycles. The molecule has 0 aromatic carbocycles. The Morgan fingerprint density at radius 1 is 1.30 bits per heavy atom. The molecule has 6 heteroatoms. The van der Waals surface area contributed by atoms with Gasteiger partial charge in [0.2, 0.25) is 0 Å². The van der Waals surface area contributed by atoms with Gasteiger partial charge in [-0.1, -0.05) is 27.2 Å². The third-order valence-corrected chi connectivity index (χ3v) is 4.34. The highest BCUT2D eigenvalue weighted by atomic mass is 16.6. The van der Waals surface area contributed by atoms with Gasteiger partial charge in [-0.3, -0.25) is 4.98 Å². The third kappa shape index (κ3) is 5.01.